The van der Waals surface area contributed by atoms with Crippen molar-refractivity contribution in [1.82, 2.24) is 15.6 Å². The van der Waals surface area contributed by atoms with Crippen LogP contribution in [-0.4, -0.2) is 38.2 Å². The first-order chi connectivity index (χ1) is 13.1. The molecule has 0 saturated carbocycles. The van der Waals surface area contributed by atoms with Gasteiger partial charge in [0.15, 0.2) is 0 Å². The Morgan fingerprint density at radius 2 is 1.74 bits per heavy atom. The predicted molar refractivity (Wildman–Crippen MR) is 110 cm³/mol. The summed E-state index contributed by atoms with van der Waals surface area (Å²) in [5.41, 5.74) is 3.36. The largest absolute Gasteiger partial charge is 0.372 e. The monoisotopic (exact) mass is 367 g/mol. The van der Waals surface area contributed by atoms with E-state index in [0.29, 0.717) is 13.1 Å². The number of carbonyl (C=O) groups is 1. The Balaban J connectivity index is 1.46. The molecule has 0 atom stereocenters. The zero-order valence-electron chi connectivity index (χ0n) is 16.2. The average molecular weight is 367 g/mol. The minimum atomic E-state index is -0.177. The van der Waals surface area contributed by atoms with E-state index < -0.39 is 0 Å². The Hall–Kier alpha value is -2.76. The molecule has 1 fully saturated rings. The van der Waals surface area contributed by atoms with Crippen LogP contribution in [-0.2, 0) is 13.1 Å². The van der Waals surface area contributed by atoms with E-state index in [9.17, 15) is 4.79 Å². The number of urea groups is 1. The third-order valence-electron chi connectivity index (χ3n) is 4.84. The van der Waals surface area contributed by atoms with Crippen LogP contribution < -0.4 is 20.4 Å². The smallest absolute Gasteiger partial charge is 0.315 e. The van der Waals surface area contributed by atoms with E-state index in [1.54, 1.807) is 6.20 Å². The second-order valence-electron chi connectivity index (χ2n) is 7.13. The molecule has 1 aliphatic heterocycles. The topological polar surface area (TPSA) is 60.5 Å². The first-order valence-electron chi connectivity index (χ1n) is 9.60. The number of pyridine rings is 1. The molecular weight excluding hydrogens is 338 g/mol. The van der Waals surface area contributed by atoms with Gasteiger partial charge in [0.1, 0.15) is 5.82 Å². The Labute approximate surface area is 161 Å². The van der Waals surface area contributed by atoms with Crippen molar-refractivity contribution in [1.29, 1.82) is 0 Å². The highest BCUT2D eigenvalue weighted by Crippen LogP contribution is 2.20. The Morgan fingerprint density at radius 3 is 2.44 bits per heavy atom. The number of nitrogens with one attached hydrogen (secondary N) is 2. The number of hydrogen-bond donors (Lipinski definition) is 2. The van der Waals surface area contributed by atoms with Gasteiger partial charge in [-0.25, -0.2) is 9.78 Å². The van der Waals surface area contributed by atoms with E-state index in [1.165, 1.54) is 24.9 Å². The molecule has 6 nitrogen and oxygen atoms in total. The van der Waals surface area contributed by atoms with Gasteiger partial charge in [-0.2, -0.15) is 0 Å². The van der Waals surface area contributed by atoms with Gasteiger partial charge >= 0.3 is 6.03 Å². The molecule has 144 valence electrons. The summed E-state index contributed by atoms with van der Waals surface area (Å²) in [7, 11) is 3.89. The number of carbonyl (C=O) groups excluding carboxylic acids is 1. The van der Waals surface area contributed by atoms with Crippen molar-refractivity contribution in [2.24, 2.45) is 0 Å². The number of anilines is 2. The summed E-state index contributed by atoms with van der Waals surface area (Å²) in [4.78, 5) is 20.8. The van der Waals surface area contributed by atoms with Gasteiger partial charge in [0, 0.05) is 57.7 Å². The van der Waals surface area contributed by atoms with E-state index in [2.05, 4.69) is 44.8 Å². The van der Waals surface area contributed by atoms with Crippen LogP contribution in [0.5, 0.6) is 0 Å². The van der Waals surface area contributed by atoms with Gasteiger partial charge in [-0.05, 0) is 43.0 Å². The number of aromatic nitrogens is 1. The van der Waals surface area contributed by atoms with Crippen molar-refractivity contribution in [3.8, 4) is 0 Å². The lowest BCUT2D eigenvalue weighted by atomic mass is 10.1. The minimum absolute atomic E-state index is 0.177. The fourth-order valence-corrected chi connectivity index (χ4v) is 3.37. The molecule has 1 saturated heterocycles. The minimum Gasteiger partial charge on any atom is -0.372 e. The average Bonchev–Trinajstić information content (AvgIpc) is 2.72. The van der Waals surface area contributed by atoms with Crippen molar-refractivity contribution in [3.05, 3.63) is 53.7 Å². The van der Waals surface area contributed by atoms with Gasteiger partial charge in [-0.15, -0.1) is 0 Å². The molecule has 27 heavy (non-hydrogen) atoms. The molecule has 2 N–H and O–H groups in total. The van der Waals surface area contributed by atoms with Gasteiger partial charge in [-0.1, -0.05) is 18.2 Å². The molecule has 0 radical (unpaired) electrons. The number of nitrogens with zero attached hydrogens (tertiary/aromatic N) is 3. The summed E-state index contributed by atoms with van der Waals surface area (Å²) in [6.07, 6.45) is 5.64. The lowest BCUT2D eigenvalue weighted by Gasteiger charge is -2.28. The summed E-state index contributed by atoms with van der Waals surface area (Å²) in [5, 5.41) is 5.82. The number of benzene rings is 1. The van der Waals surface area contributed by atoms with Crippen LogP contribution in [0.4, 0.5) is 16.3 Å². The number of piperidine rings is 1. The summed E-state index contributed by atoms with van der Waals surface area (Å²) >= 11 is 0. The number of rotatable bonds is 6. The summed E-state index contributed by atoms with van der Waals surface area (Å²) in [6, 6.07) is 12.2. The third-order valence-corrected chi connectivity index (χ3v) is 4.84. The highest BCUT2D eigenvalue weighted by Gasteiger charge is 2.11. The van der Waals surface area contributed by atoms with Crippen LogP contribution >= 0.6 is 0 Å². The van der Waals surface area contributed by atoms with Crippen molar-refractivity contribution < 1.29 is 4.79 Å². The van der Waals surface area contributed by atoms with E-state index in [1.807, 2.05) is 31.1 Å². The fraction of sp³-hybridized carbons (Fsp3) is 0.429. The van der Waals surface area contributed by atoms with E-state index in [-0.39, 0.29) is 6.03 Å². The standard InChI is InChI=1S/C21H29N5O/c1-25(2)20-18(7-6-12-22-20)16-24-21(27)23-15-17-8-10-19(11-9-17)26-13-4-3-5-14-26/h6-12H,3-5,13-16H2,1-2H3,(H2,23,24,27). The molecule has 0 spiro atoms. The lowest BCUT2D eigenvalue weighted by molar-refractivity contribution is 0.240. The maximum Gasteiger partial charge on any atom is 0.315 e. The van der Waals surface area contributed by atoms with Crippen LogP contribution in [0.25, 0.3) is 0 Å². The van der Waals surface area contributed by atoms with Crippen molar-refractivity contribution in [2.75, 3.05) is 37.0 Å². The van der Waals surface area contributed by atoms with Crippen LogP contribution in [0.2, 0.25) is 0 Å². The van der Waals surface area contributed by atoms with Gasteiger partial charge in [0.05, 0.1) is 0 Å². The SMILES string of the molecule is CN(C)c1ncccc1CNC(=O)NCc1ccc(N2CCCCC2)cc1. The second kappa shape index (κ2) is 9.26. The van der Waals surface area contributed by atoms with E-state index in [0.717, 1.165) is 30.0 Å². The van der Waals surface area contributed by atoms with Crippen LogP contribution in [0.15, 0.2) is 42.6 Å². The summed E-state index contributed by atoms with van der Waals surface area (Å²) < 4.78 is 0. The molecule has 2 amide bonds. The molecule has 2 heterocycles. The maximum atomic E-state index is 12.1. The first-order valence-corrected chi connectivity index (χ1v) is 9.60. The Kier molecular flexibility index (Phi) is 6.52. The van der Waals surface area contributed by atoms with Gasteiger partial charge in [0.25, 0.3) is 0 Å². The van der Waals surface area contributed by atoms with Crippen LogP contribution in [0.3, 0.4) is 0 Å². The molecular formula is C21H29N5O. The zero-order chi connectivity index (χ0) is 19.1. The molecule has 1 aliphatic rings. The molecule has 1 aromatic carbocycles. The highest BCUT2D eigenvalue weighted by atomic mass is 16.2. The molecule has 0 unspecified atom stereocenters. The normalized spacial score (nSPS) is 13.9. The zero-order valence-corrected chi connectivity index (χ0v) is 16.2. The third kappa shape index (κ3) is 5.36. The van der Waals surface area contributed by atoms with Gasteiger partial charge in [-0.3, -0.25) is 0 Å². The Bertz CT molecular complexity index is 738. The molecule has 0 aliphatic carbocycles. The summed E-state index contributed by atoms with van der Waals surface area (Å²) in [6.45, 7) is 3.24. The molecule has 2 aromatic rings. The molecule has 0 bridgehead atoms. The number of hydrogen-bond acceptors (Lipinski definition) is 4. The van der Waals surface area contributed by atoms with Crippen molar-refractivity contribution in [2.45, 2.75) is 32.4 Å². The first kappa shape index (κ1) is 19.0. The highest BCUT2D eigenvalue weighted by molar-refractivity contribution is 5.74. The van der Waals surface area contributed by atoms with Gasteiger partial charge in [0.2, 0.25) is 0 Å². The van der Waals surface area contributed by atoms with Crippen LogP contribution in [0.1, 0.15) is 30.4 Å². The van der Waals surface area contributed by atoms with Crippen molar-refractivity contribution >= 4 is 17.5 Å². The molecule has 6 heteroatoms. The summed E-state index contributed by atoms with van der Waals surface area (Å²) in [5.74, 6) is 0.867. The predicted octanol–water partition coefficient (Wildman–Crippen LogP) is 3.14. The lowest BCUT2D eigenvalue weighted by Crippen LogP contribution is -2.35. The van der Waals surface area contributed by atoms with E-state index >= 15 is 0 Å². The molecule has 1 aromatic heterocycles. The van der Waals surface area contributed by atoms with E-state index in [4.69, 9.17) is 0 Å². The number of amides is 2. The fourth-order valence-electron chi connectivity index (χ4n) is 3.37. The molecule has 3 rings (SSSR count). The van der Waals surface area contributed by atoms with Gasteiger partial charge < -0.3 is 20.4 Å². The second-order valence-corrected chi connectivity index (χ2v) is 7.13. The van der Waals surface area contributed by atoms with Crippen molar-refractivity contribution in [3.63, 3.8) is 0 Å². The quantitative estimate of drug-likeness (QED) is 0.823. The maximum absolute atomic E-state index is 12.1. The Morgan fingerprint density at radius 1 is 1.04 bits per heavy atom. The van der Waals surface area contributed by atoms with Crippen LogP contribution in [0, 0.1) is 0 Å².